The highest BCUT2D eigenvalue weighted by Gasteiger charge is 2.21. The molecule has 2 aromatic carbocycles. The van der Waals surface area contributed by atoms with Crippen LogP contribution in [0, 0.1) is 0 Å². The lowest BCUT2D eigenvalue weighted by Crippen LogP contribution is -2.28. The highest BCUT2D eigenvalue weighted by molar-refractivity contribution is 5.91. The number of unbranched alkanes of at least 4 members (excludes halogenated alkanes) is 11. The molecular formula is C39H56N2O2. The van der Waals surface area contributed by atoms with Crippen LogP contribution in [0.2, 0.25) is 0 Å². The van der Waals surface area contributed by atoms with Crippen molar-refractivity contribution in [2.24, 2.45) is 0 Å². The van der Waals surface area contributed by atoms with Gasteiger partial charge in [0.15, 0.2) is 0 Å². The number of carbonyl (C=O) groups is 1. The van der Waals surface area contributed by atoms with Gasteiger partial charge in [0.05, 0.1) is 13.2 Å². The van der Waals surface area contributed by atoms with E-state index in [2.05, 4.69) is 69.1 Å². The molecule has 3 aromatic rings. The third-order valence-corrected chi connectivity index (χ3v) is 8.18. The number of amides is 1. The smallest absolute Gasteiger partial charge is 0.224 e. The van der Waals surface area contributed by atoms with Crippen LogP contribution in [0.5, 0.6) is 5.75 Å². The molecule has 4 heteroatoms. The first-order valence-corrected chi connectivity index (χ1v) is 16.8. The van der Waals surface area contributed by atoms with Crippen molar-refractivity contribution in [3.63, 3.8) is 0 Å². The first-order valence-electron chi connectivity index (χ1n) is 16.8. The molecule has 0 fully saturated rings. The van der Waals surface area contributed by atoms with Gasteiger partial charge in [-0.1, -0.05) is 123 Å². The summed E-state index contributed by atoms with van der Waals surface area (Å²) in [6.07, 6.45) is 20.6. The van der Waals surface area contributed by atoms with Gasteiger partial charge in [-0.15, -0.1) is 0 Å². The van der Waals surface area contributed by atoms with Crippen LogP contribution < -0.4 is 9.64 Å². The van der Waals surface area contributed by atoms with Crippen molar-refractivity contribution in [3.8, 4) is 5.75 Å². The lowest BCUT2D eigenvalue weighted by atomic mass is 9.85. The van der Waals surface area contributed by atoms with Crippen molar-refractivity contribution in [3.05, 3.63) is 89.2 Å². The van der Waals surface area contributed by atoms with E-state index in [-0.39, 0.29) is 11.3 Å². The van der Waals surface area contributed by atoms with E-state index in [0.717, 1.165) is 47.6 Å². The molecular weight excluding hydrogens is 528 g/mol. The molecule has 0 aliphatic rings. The first kappa shape index (κ1) is 34.4. The summed E-state index contributed by atoms with van der Waals surface area (Å²) in [6, 6.07) is 18.8. The topological polar surface area (TPSA) is 42.4 Å². The molecule has 4 nitrogen and oxygen atoms in total. The van der Waals surface area contributed by atoms with Gasteiger partial charge in [0.2, 0.25) is 5.91 Å². The summed E-state index contributed by atoms with van der Waals surface area (Å²) in [5.74, 6) is 0.996. The summed E-state index contributed by atoms with van der Waals surface area (Å²) >= 11 is 0. The molecule has 0 radical (unpaired) electrons. The van der Waals surface area contributed by atoms with Crippen molar-refractivity contribution in [2.75, 3.05) is 11.5 Å². The van der Waals surface area contributed by atoms with Crippen molar-refractivity contribution < 1.29 is 9.53 Å². The summed E-state index contributed by atoms with van der Waals surface area (Å²) in [5.41, 5.74) is 5.47. The molecule has 1 heterocycles. The molecule has 0 unspecified atom stereocenters. The van der Waals surface area contributed by atoms with Crippen LogP contribution in [0.3, 0.4) is 0 Å². The van der Waals surface area contributed by atoms with Crippen LogP contribution >= 0.6 is 0 Å². The number of nitrogens with zero attached hydrogens (tertiary/aromatic N) is 2. The number of benzene rings is 2. The predicted molar refractivity (Wildman–Crippen MR) is 182 cm³/mol. The van der Waals surface area contributed by atoms with Gasteiger partial charge in [-0.05, 0) is 70.8 Å². The standard InChI is InChI=1S/C39H56N2O2/c1-6-7-8-9-10-11-12-13-14-15-16-17-26-43-38-24-23-35(29-37(38)39(3,4)5)31-41(32(2)42)36-22-18-20-33(28-36)27-34-21-19-25-40-30-34/h18-25,28-30H,6-17,26-27,31H2,1-5H3. The normalized spacial score (nSPS) is 11.5. The van der Waals surface area contributed by atoms with E-state index in [1.54, 1.807) is 13.1 Å². The summed E-state index contributed by atoms with van der Waals surface area (Å²) in [6.45, 7) is 11.9. The lowest BCUT2D eigenvalue weighted by molar-refractivity contribution is -0.116. The molecule has 0 saturated heterocycles. The molecule has 0 bridgehead atoms. The van der Waals surface area contributed by atoms with E-state index >= 15 is 0 Å². The van der Waals surface area contributed by atoms with E-state index in [4.69, 9.17) is 4.74 Å². The molecule has 0 atom stereocenters. The van der Waals surface area contributed by atoms with Gasteiger partial charge in [-0.3, -0.25) is 9.78 Å². The number of ether oxygens (including phenoxy) is 1. The minimum Gasteiger partial charge on any atom is -0.493 e. The van der Waals surface area contributed by atoms with Crippen LogP contribution in [0.4, 0.5) is 5.69 Å². The van der Waals surface area contributed by atoms with Crippen molar-refractivity contribution in [2.45, 2.75) is 130 Å². The van der Waals surface area contributed by atoms with E-state index in [1.807, 2.05) is 29.3 Å². The number of hydrogen-bond donors (Lipinski definition) is 0. The van der Waals surface area contributed by atoms with Crippen LogP contribution in [0.1, 0.15) is 134 Å². The van der Waals surface area contributed by atoms with Gasteiger partial charge < -0.3 is 9.64 Å². The number of pyridine rings is 1. The van der Waals surface area contributed by atoms with Crippen molar-refractivity contribution >= 4 is 11.6 Å². The van der Waals surface area contributed by atoms with Crippen LogP contribution in [0.15, 0.2) is 67.0 Å². The Morgan fingerprint density at radius 3 is 2.02 bits per heavy atom. The second kappa shape index (κ2) is 18.5. The van der Waals surface area contributed by atoms with Gasteiger partial charge in [0, 0.05) is 25.0 Å². The second-order valence-electron chi connectivity index (χ2n) is 13.1. The molecule has 234 valence electrons. The molecule has 0 aliphatic carbocycles. The van der Waals surface area contributed by atoms with E-state index < -0.39 is 0 Å². The first-order chi connectivity index (χ1) is 20.8. The number of hydrogen-bond acceptors (Lipinski definition) is 3. The lowest BCUT2D eigenvalue weighted by Gasteiger charge is -2.26. The van der Waals surface area contributed by atoms with Crippen LogP contribution in [0.25, 0.3) is 0 Å². The van der Waals surface area contributed by atoms with Crippen molar-refractivity contribution in [1.29, 1.82) is 0 Å². The maximum Gasteiger partial charge on any atom is 0.224 e. The molecule has 43 heavy (non-hydrogen) atoms. The molecule has 1 aromatic heterocycles. The quantitative estimate of drug-likeness (QED) is 0.132. The Morgan fingerprint density at radius 1 is 0.767 bits per heavy atom. The third kappa shape index (κ3) is 12.6. The van der Waals surface area contributed by atoms with Crippen molar-refractivity contribution in [1.82, 2.24) is 4.98 Å². The van der Waals surface area contributed by atoms with Gasteiger partial charge in [-0.25, -0.2) is 0 Å². The van der Waals surface area contributed by atoms with Gasteiger partial charge in [0.1, 0.15) is 5.75 Å². The highest BCUT2D eigenvalue weighted by Crippen LogP contribution is 2.33. The van der Waals surface area contributed by atoms with Crippen LogP contribution in [-0.4, -0.2) is 17.5 Å². The zero-order valence-corrected chi connectivity index (χ0v) is 27.7. The fourth-order valence-corrected chi connectivity index (χ4v) is 5.65. The Bertz CT molecular complexity index is 1220. The predicted octanol–water partition coefficient (Wildman–Crippen LogP) is 10.6. The fourth-order valence-electron chi connectivity index (χ4n) is 5.65. The number of anilines is 1. The van der Waals surface area contributed by atoms with E-state index in [0.29, 0.717) is 6.54 Å². The minimum absolute atomic E-state index is 0.0307. The van der Waals surface area contributed by atoms with Gasteiger partial charge in [-0.2, -0.15) is 0 Å². The van der Waals surface area contributed by atoms with Crippen LogP contribution in [-0.2, 0) is 23.2 Å². The summed E-state index contributed by atoms with van der Waals surface area (Å²) in [7, 11) is 0. The Balaban J connectivity index is 1.52. The number of rotatable bonds is 19. The maximum absolute atomic E-state index is 12.8. The Morgan fingerprint density at radius 2 is 1.42 bits per heavy atom. The highest BCUT2D eigenvalue weighted by atomic mass is 16.5. The molecule has 3 rings (SSSR count). The molecule has 0 aliphatic heterocycles. The summed E-state index contributed by atoms with van der Waals surface area (Å²) < 4.78 is 6.33. The monoisotopic (exact) mass is 584 g/mol. The summed E-state index contributed by atoms with van der Waals surface area (Å²) in [5, 5.41) is 0. The molecule has 1 amide bonds. The summed E-state index contributed by atoms with van der Waals surface area (Å²) in [4.78, 5) is 18.9. The molecule has 0 saturated carbocycles. The second-order valence-corrected chi connectivity index (χ2v) is 13.1. The number of aromatic nitrogens is 1. The average Bonchev–Trinajstić information content (AvgIpc) is 2.98. The maximum atomic E-state index is 12.8. The van der Waals surface area contributed by atoms with E-state index in [9.17, 15) is 4.79 Å². The van der Waals surface area contributed by atoms with Gasteiger partial charge >= 0.3 is 0 Å². The molecule has 0 N–H and O–H groups in total. The average molecular weight is 585 g/mol. The fraction of sp³-hybridized carbons (Fsp3) is 0.538. The van der Waals surface area contributed by atoms with Gasteiger partial charge in [0.25, 0.3) is 0 Å². The SMILES string of the molecule is CCCCCCCCCCCCCCOc1ccc(CN(C(C)=O)c2cccc(Cc3cccnc3)c2)cc1C(C)(C)C. The largest absolute Gasteiger partial charge is 0.493 e. The number of carbonyl (C=O) groups excluding carboxylic acids is 1. The molecule has 0 spiro atoms. The third-order valence-electron chi connectivity index (χ3n) is 8.18. The Kier molecular flexibility index (Phi) is 14.8. The Hall–Kier alpha value is -3.14. The van der Waals surface area contributed by atoms with E-state index in [1.165, 1.54) is 76.2 Å². The zero-order valence-electron chi connectivity index (χ0n) is 27.7. The minimum atomic E-state index is -0.0629. The zero-order chi connectivity index (χ0) is 30.9. The Labute approximate surface area is 262 Å².